The number of pyridine rings is 1. The summed E-state index contributed by atoms with van der Waals surface area (Å²) in [6.45, 7) is 0. The lowest BCUT2D eigenvalue weighted by Crippen LogP contribution is -2.22. The summed E-state index contributed by atoms with van der Waals surface area (Å²) in [7, 11) is 0. The second kappa shape index (κ2) is 7.52. The summed E-state index contributed by atoms with van der Waals surface area (Å²) >= 11 is 5.99. The lowest BCUT2D eigenvalue weighted by atomic mass is 9.89. The van der Waals surface area contributed by atoms with E-state index in [4.69, 9.17) is 16.3 Å². The molecule has 5 rings (SSSR count). The highest BCUT2D eigenvalue weighted by atomic mass is 35.5. The highest BCUT2D eigenvalue weighted by Gasteiger charge is 2.32. The van der Waals surface area contributed by atoms with Crippen molar-refractivity contribution in [3.8, 4) is 17.0 Å². The number of ketones is 1. The van der Waals surface area contributed by atoms with Gasteiger partial charge in [0.05, 0.1) is 23.1 Å². The minimum atomic E-state index is -1.03. The minimum absolute atomic E-state index is 0.102. The Morgan fingerprint density at radius 2 is 1.77 bits per heavy atom. The van der Waals surface area contributed by atoms with Crippen LogP contribution in [0.5, 0.6) is 5.88 Å². The number of nitrogens with zero attached hydrogens (tertiary/aromatic N) is 1. The number of aromatic carboxylic acids is 1. The lowest BCUT2D eigenvalue weighted by Gasteiger charge is -2.27. The van der Waals surface area contributed by atoms with E-state index in [1.54, 1.807) is 30.3 Å². The Bertz CT molecular complexity index is 1350. The van der Waals surface area contributed by atoms with Crippen molar-refractivity contribution in [1.82, 2.24) is 4.98 Å². The summed E-state index contributed by atoms with van der Waals surface area (Å²) in [4.78, 5) is 29.5. The molecule has 1 aliphatic rings. The van der Waals surface area contributed by atoms with Crippen LogP contribution >= 0.6 is 11.6 Å². The molecule has 2 heterocycles. The van der Waals surface area contributed by atoms with Crippen LogP contribution in [0, 0.1) is 0 Å². The van der Waals surface area contributed by atoms with E-state index in [1.165, 1.54) is 6.07 Å². The van der Waals surface area contributed by atoms with E-state index in [0.717, 1.165) is 10.9 Å². The summed E-state index contributed by atoms with van der Waals surface area (Å²) in [6.07, 6.45) is -0.315. The van der Waals surface area contributed by atoms with E-state index in [0.29, 0.717) is 27.2 Å². The number of Topliss-reactive ketones (excluding diaryl/α,β-unsaturated/α-hetero) is 1. The van der Waals surface area contributed by atoms with Crippen molar-refractivity contribution in [2.75, 3.05) is 0 Å². The molecule has 0 saturated carbocycles. The number of aromatic nitrogens is 1. The van der Waals surface area contributed by atoms with Crippen LogP contribution in [0.3, 0.4) is 0 Å². The summed E-state index contributed by atoms with van der Waals surface area (Å²) in [5, 5.41) is 10.8. The quantitative estimate of drug-likeness (QED) is 0.434. The van der Waals surface area contributed by atoms with Gasteiger partial charge in [0.1, 0.15) is 6.10 Å². The number of carboxylic acid groups (broad SMARTS) is 1. The molecule has 0 radical (unpaired) electrons. The molecule has 0 amide bonds. The Labute approximate surface area is 182 Å². The maximum absolute atomic E-state index is 13.3. The monoisotopic (exact) mass is 429 g/mol. The van der Waals surface area contributed by atoms with Gasteiger partial charge in [0.25, 0.3) is 0 Å². The van der Waals surface area contributed by atoms with Gasteiger partial charge in [-0.15, -0.1) is 0 Å². The van der Waals surface area contributed by atoms with Crippen molar-refractivity contribution < 1.29 is 19.4 Å². The van der Waals surface area contributed by atoms with Crippen LogP contribution in [0.2, 0.25) is 5.02 Å². The molecule has 6 heteroatoms. The molecular formula is C25H16ClNO4. The third-order valence-corrected chi connectivity index (χ3v) is 5.65. The largest absolute Gasteiger partial charge is 0.478 e. The van der Waals surface area contributed by atoms with Crippen molar-refractivity contribution >= 4 is 34.3 Å². The maximum atomic E-state index is 13.3. The van der Waals surface area contributed by atoms with Crippen LogP contribution < -0.4 is 4.74 Å². The Kier molecular flexibility index (Phi) is 4.68. The van der Waals surface area contributed by atoms with Gasteiger partial charge in [-0.1, -0.05) is 54.1 Å². The van der Waals surface area contributed by atoms with Gasteiger partial charge in [0, 0.05) is 16.0 Å². The maximum Gasteiger partial charge on any atom is 0.335 e. The number of benzene rings is 3. The van der Waals surface area contributed by atoms with E-state index in [2.05, 4.69) is 4.98 Å². The summed E-state index contributed by atoms with van der Waals surface area (Å²) in [5.74, 6) is -0.875. The molecule has 1 aromatic heterocycles. The fourth-order valence-electron chi connectivity index (χ4n) is 3.95. The predicted molar refractivity (Wildman–Crippen MR) is 118 cm³/mol. The molecule has 5 nitrogen and oxygen atoms in total. The molecule has 1 N–H and O–H groups in total. The molecule has 152 valence electrons. The first-order chi connectivity index (χ1) is 15.0. The van der Waals surface area contributed by atoms with Gasteiger partial charge in [0.2, 0.25) is 5.88 Å². The van der Waals surface area contributed by atoms with Gasteiger partial charge in [-0.25, -0.2) is 9.78 Å². The molecule has 3 aromatic carbocycles. The molecule has 0 spiro atoms. The average molecular weight is 430 g/mol. The highest BCUT2D eigenvalue weighted by Crippen LogP contribution is 2.42. The lowest BCUT2D eigenvalue weighted by molar-refractivity contribution is 0.0696. The Morgan fingerprint density at radius 1 is 1.00 bits per heavy atom. The van der Waals surface area contributed by atoms with Crippen molar-refractivity contribution in [3.05, 3.63) is 94.5 Å². The summed E-state index contributed by atoms with van der Waals surface area (Å²) < 4.78 is 6.18. The topological polar surface area (TPSA) is 76.5 Å². The molecule has 0 bridgehead atoms. The number of hydrogen-bond acceptors (Lipinski definition) is 4. The zero-order valence-electron chi connectivity index (χ0n) is 16.2. The van der Waals surface area contributed by atoms with Crippen molar-refractivity contribution in [2.45, 2.75) is 12.5 Å². The number of halogens is 1. The van der Waals surface area contributed by atoms with Crippen LogP contribution in [-0.4, -0.2) is 21.8 Å². The normalized spacial score (nSPS) is 15.4. The van der Waals surface area contributed by atoms with Gasteiger partial charge in [-0.3, -0.25) is 4.79 Å². The molecule has 31 heavy (non-hydrogen) atoms. The van der Waals surface area contributed by atoms with Gasteiger partial charge >= 0.3 is 5.97 Å². The van der Waals surface area contributed by atoms with Gasteiger partial charge in [0.15, 0.2) is 5.78 Å². The number of carbonyl (C=O) groups is 2. The van der Waals surface area contributed by atoms with Crippen LogP contribution in [0.25, 0.3) is 22.0 Å². The second-order valence-electron chi connectivity index (χ2n) is 7.36. The van der Waals surface area contributed by atoms with Gasteiger partial charge < -0.3 is 9.84 Å². The predicted octanol–water partition coefficient (Wildman–Crippen LogP) is 5.96. The zero-order valence-corrected chi connectivity index (χ0v) is 17.0. The number of para-hydroxylation sites is 1. The molecule has 0 unspecified atom stereocenters. The van der Waals surface area contributed by atoms with Crippen LogP contribution in [0.15, 0.2) is 72.8 Å². The molecule has 0 saturated heterocycles. The van der Waals surface area contributed by atoms with Gasteiger partial charge in [-0.05, 0) is 41.5 Å². The van der Waals surface area contributed by atoms with Crippen molar-refractivity contribution in [1.29, 1.82) is 0 Å². The van der Waals surface area contributed by atoms with Crippen LogP contribution in [0.1, 0.15) is 38.8 Å². The van der Waals surface area contributed by atoms with Crippen LogP contribution in [-0.2, 0) is 0 Å². The zero-order chi connectivity index (χ0) is 21.5. The standard InChI is InChI=1S/C25H16ClNO4/c26-17-10-8-14(9-11-17)21-13-20(28)23-22(15-4-3-5-16(12-15)25(29)30)18-6-1-2-7-19(18)27-24(23)31-21/h1-12,21H,13H2,(H,29,30)/t21-/m1/s1. The molecule has 4 aromatic rings. The van der Waals surface area contributed by atoms with Crippen LogP contribution in [0.4, 0.5) is 0 Å². The molecule has 0 fully saturated rings. The number of fused-ring (bicyclic) bond motifs is 2. The van der Waals surface area contributed by atoms with E-state index in [1.807, 2.05) is 36.4 Å². The Balaban J connectivity index is 1.72. The third kappa shape index (κ3) is 3.43. The van der Waals surface area contributed by atoms with Gasteiger partial charge in [-0.2, -0.15) is 0 Å². The first-order valence-electron chi connectivity index (χ1n) is 9.73. The summed E-state index contributed by atoms with van der Waals surface area (Å²) in [5.41, 5.74) is 3.32. The molecule has 0 aliphatic carbocycles. The SMILES string of the molecule is O=C(O)c1cccc(-c2c3c(nc4ccccc24)O[C@@H](c2ccc(Cl)cc2)CC3=O)c1. The Morgan fingerprint density at radius 3 is 2.55 bits per heavy atom. The average Bonchev–Trinajstić information content (AvgIpc) is 2.78. The van der Waals surface area contributed by atoms with E-state index >= 15 is 0 Å². The van der Waals surface area contributed by atoms with Crippen molar-refractivity contribution in [2.24, 2.45) is 0 Å². The smallest absolute Gasteiger partial charge is 0.335 e. The number of carboxylic acids is 1. The number of rotatable bonds is 3. The van der Waals surface area contributed by atoms with E-state index in [-0.39, 0.29) is 23.6 Å². The highest BCUT2D eigenvalue weighted by molar-refractivity contribution is 6.30. The number of ether oxygens (including phenoxy) is 1. The van der Waals surface area contributed by atoms with Crippen molar-refractivity contribution in [3.63, 3.8) is 0 Å². The first kappa shape index (κ1) is 19.3. The number of hydrogen-bond donors (Lipinski definition) is 1. The fraction of sp³-hybridized carbons (Fsp3) is 0.0800. The fourth-order valence-corrected chi connectivity index (χ4v) is 4.08. The third-order valence-electron chi connectivity index (χ3n) is 5.40. The minimum Gasteiger partial charge on any atom is -0.478 e. The first-order valence-corrected chi connectivity index (χ1v) is 10.1. The molecular weight excluding hydrogens is 414 g/mol. The summed E-state index contributed by atoms with van der Waals surface area (Å²) in [6, 6.07) is 21.2. The molecule has 1 atom stereocenters. The van der Waals surface area contributed by atoms with E-state index in [9.17, 15) is 14.7 Å². The Hall–Kier alpha value is -3.70. The number of carbonyl (C=O) groups excluding carboxylic acids is 1. The van der Waals surface area contributed by atoms with E-state index < -0.39 is 12.1 Å². The second-order valence-corrected chi connectivity index (χ2v) is 7.79. The molecule has 1 aliphatic heterocycles.